The van der Waals surface area contributed by atoms with Gasteiger partial charge in [0.2, 0.25) is 5.91 Å². The molecular weight excluding hydrogens is 369 g/mol. The Morgan fingerprint density at radius 3 is 2.08 bits per heavy atom. The molecule has 2 aromatic carbocycles. The first-order valence-electron chi connectivity index (χ1n) is 8.53. The summed E-state index contributed by atoms with van der Waals surface area (Å²) in [5.74, 6) is -0.154. The van der Waals surface area contributed by atoms with Crippen LogP contribution in [0.2, 0.25) is 0 Å². The number of carbonyl (C=O) groups excluding carboxylic acids is 1. The van der Waals surface area contributed by atoms with E-state index < -0.39 is 6.04 Å². The number of rotatable bonds is 8. The van der Waals surface area contributed by atoms with Gasteiger partial charge in [-0.3, -0.25) is 9.69 Å². The molecule has 3 N–H and O–H groups in total. The Hall–Kier alpha value is -1.59. The van der Waals surface area contributed by atoms with Crippen molar-refractivity contribution in [1.82, 2.24) is 10.2 Å². The van der Waals surface area contributed by atoms with E-state index in [1.54, 1.807) is 0 Å². The van der Waals surface area contributed by atoms with Crippen LogP contribution < -0.4 is 11.1 Å². The Morgan fingerprint density at radius 1 is 0.962 bits per heavy atom. The standard InChI is InChI=1S/C20H27N3O.2ClH/c1-3-23(4-2)15-18-13-9-8-12-17(18)14-22-20(24)19(21)16-10-6-5-7-11-16;;/h5-13,19H,3-4,14-15,21H2,1-2H3,(H,22,24);2*1H. The second-order valence-corrected chi connectivity index (χ2v) is 5.84. The lowest BCUT2D eigenvalue weighted by molar-refractivity contribution is -0.122. The van der Waals surface area contributed by atoms with Crippen LogP contribution in [0, 0.1) is 0 Å². The van der Waals surface area contributed by atoms with E-state index in [-0.39, 0.29) is 30.7 Å². The fraction of sp³-hybridized carbons (Fsp3) is 0.350. The summed E-state index contributed by atoms with van der Waals surface area (Å²) in [5, 5.41) is 2.96. The van der Waals surface area contributed by atoms with Crippen molar-refractivity contribution < 1.29 is 4.79 Å². The number of hydrogen-bond acceptors (Lipinski definition) is 3. The monoisotopic (exact) mass is 397 g/mol. The van der Waals surface area contributed by atoms with E-state index in [9.17, 15) is 4.79 Å². The normalized spacial score (nSPS) is 11.2. The first-order chi connectivity index (χ1) is 11.7. The van der Waals surface area contributed by atoms with Gasteiger partial charge in [-0.05, 0) is 29.8 Å². The summed E-state index contributed by atoms with van der Waals surface area (Å²) >= 11 is 0. The maximum absolute atomic E-state index is 12.3. The van der Waals surface area contributed by atoms with Gasteiger partial charge in [-0.1, -0.05) is 68.4 Å². The van der Waals surface area contributed by atoms with Crippen molar-refractivity contribution in [1.29, 1.82) is 0 Å². The van der Waals surface area contributed by atoms with E-state index in [2.05, 4.69) is 36.2 Å². The first kappa shape index (κ1) is 24.4. The number of benzene rings is 2. The molecule has 2 aromatic rings. The molecular formula is C20H29Cl2N3O. The van der Waals surface area contributed by atoms with Crippen molar-refractivity contribution in [2.24, 2.45) is 5.73 Å². The topological polar surface area (TPSA) is 58.4 Å². The molecule has 0 aliphatic rings. The third-order valence-electron chi connectivity index (χ3n) is 4.30. The van der Waals surface area contributed by atoms with Crippen molar-refractivity contribution in [2.45, 2.75) is 33.0 Å². The van der Waals surface area contributed by atoms with Gasteiger partial charge in [0.25, 0.3) is 0 Å². The van der Waals surface area contributed by atoms with Gasteiger partial charge in [0.1, 0.15) is 6.04 Å². The van der Waals surface area contributed by atoms with Gasteiger partial charge in [-0.25, -0.2) is 0 Å². The molecule has 1 atom stereocenters. The van der Waals surface area contributed by atoms with Crippen molar-refractivity contribution in [3.8, 4) is 0 Å². The number of halogens is 2. The molecule has 0 aliphatic carbocycles. The lowest BCUT2D eigenvalue weighted by atomic mass is 10.1. The van der Waals surface area contributed by atoms with Crippen molar-refractivity contribution in [3.63, 3.8) is 0 Å². The van der Waals surface area contributed by atoms with Gasteiger partial charge in [-0.15, -0.1) is 24.8 Å². The van der Waals surface area contributed by atoms with Crippen molar-refractivity contribution in [3.05, 3.63) is 71.3 Å². The molecule has 0 saturated carbocycles. The molecule has 6 heteroatoms. The molecule has 4 nitrogen and oxygen atoms in total. The minimum Gasteiger partial charge on any atom is -0.350 e. The first-order valence-corrected chi connectivity index (χ1v) is 8.53. The summed E-state index contributed by atoms with van der Waals surface area (Å²) in [6.07, 6.45) is 0. The molecule has 26 heavy (non-hydrogen) atoms. The smallest absolute Gasteiger partial charge is 0.241 e. The predicted molar refractivity (Wildman–Crippen MR) is 113 cm³/mol. The van der Waals surface area contributed by atoms with Crippen LogP contribution in [0.15, 0.2) is 54.6 Å². The van der Waals surface area contributed by atoms with E-state index >= 15 is 0 Å². The summed E-state index contributed by atoms with van der Waals surface area (Å²) in [6.45, 7) is 7.73. The van der Waals surface area contributed by atoms with Gasteiger partial charge in [0.15, 0.2) is 0 Å². The van der Waals surface area contributed by atoms with Crippen LogP contribution in [0.25, 0.3) is 0 Å². The van der Waals surface area contributed by atoms with Crippen LogP contribution in [0.3, 0.4) is 0 Å². The molecule has 144 valence electrons. The Labute approximate surface area is 169 Å². The number of nitrogens with one attached hydrogen (secondary N) is 1. The average molecular weight is 398 g/mol. The highest BCUT2D eigenvalue weighted by atomic mass is 35.5. The number of nitrogens with two attached hydrogens (primary N) is 1. The summed E-state index contributed by atoms with van der Waals surface area (Å²) in [4.78, 5) is 14.7. The molecule has 0 spiro atoms. The molecule has 0 aromatic heterocycles. The van der Waals surface area contributed by atoms with E-state index in [0.717, 1.165) is 30.8 Å². The number of nitrogens with zero attached hydrogens (tertiary/aromatic N) is 1. The van der Waals surface area contributed by atoms with Gasteiger partial charge in [0.05, 0.1) is 0 Å². The fourth-order valence-electron chi connectivity index (χ4n) is 2.68. The minimum atomic E-state index is -0.638. The summed E-state index contributed by atoms with van der Waals surface area (Å²) in [5.41, 5.74) is 9.25. The molecule has 2 rings (SSSR count). The van der Waals surface area contributed by atoms with Gasteiger partial charge in [0, 0.05) is 13.1 Å². The average Bonchev–Trinajstić information content (AvgIpc) is 2.65. The molecule has 0 aliphatic heterocycles. The number of amides is 1. The molecule has 1 unspecified atom stereocenters. The fourth-order valence-corrected chi connectivity index (χ4v) is 2.68. The molecule has 0 heterocycles. The zero-order valence-electron chi connectivity index (χ0n) is 15.4. The highest BCUT2D eigenvalue weighted by Gasteiger charge is 2.15. The van der Waals surface area contributed by atoms with E-state index in [0.29, 0.717) is 6.54 Å². The second-order valence-electron chi connectivity index (χ2n) is 5.84. The Kier molecular flexibility index (Phi) is 11.9. The van der Waals surface area contributed by atoms with E-state index in [1.807, 2.05) is 42.5 Å². The lowest BCUT2D eigenvalue weighted by Crippen LogP contribution is -2.34. The maximum atomic E-state index is 12.3. The SMILES string of the molecule is CCN(CC)Cc1ccccc1CNC(=O)C(N)c1ccccc1.Cl.Cl. The molecule has 1 amide bonds. The third kappa shape index (κ3) is 6.96. The van der Waals surface area contributed by atoms with Crippen molar-refractivity contribution >= 4 is 30.7 Å². The molecule has 0 saturated heterocycles. The Balaban J connectivity index is 0.00000312. The van der Waals surface area contributed by atoms with Gasteiger partial charge < -0.3 is 11.1 Å². The van der Waals surface area contributed by atoms with Gasteiger partial charge >= 0.3 is 0 Å². The minimum absolute atomic E-state index is 0. The van der Waals surface area contributed by atoms with Gasteiger partial charge in [-0.2, -0.15) is 0 Å². The van der Waals surface area contributed by atoms with Crippen molar-refractivity contribution in [2.75, 3.05) is 13.1 Å². The Morgan fingerprint density at radius 2 is 1.50 bits per heavy atom. The zero-order chi connectivity index (χ0) is 17.4. The second kappa shape index (κ2) is 12.7. The lowest BCUT2D eigenvalue weighted by Gasteiger charge is -2.20. The van der Waals surface area contributed by atoms with E-state index in [4.69, 9.17) is 5.73 Å². The summed E-state index contributed by atoms with van der Waals surface area (Å²) in [7, 11) is 0. The predicted octanol–water partition coefficient (Wildman–Crippen LogP) is 3.69. The van der Waals surface area contributed by atoms with Crippen LogP contribution in [-0.4, -0.2) is 23.9 Å². The zero-order valence-corrected chi connectivity index (χ0v) is 17.0. The third-order valence-corrected chi connectivity index (χ3v) is 4.30. The quantitative estimate of drug-likeness (QED) is 0.713. The molecule has 0 radical (unpaired) electrons. The van der Waals surface area contributed by atoms with Crippen LogP contribution in [0.4, 0.5) is 0 Å². The summed E-state index contributed by atoms with van der Waals surface area (Å²) < 4.78 is 0. The number of carbonyl (C=O) groups is 1. The number of hydrogen-bond donors (Lipinski definition) is 2. The highest BCUT2D eigenvalue weighted by Crippen LogP contribution is 2.13. The van der Waals surface area contributed by atoms with Crippen LogP contribution in [-0.2, 0) is 17.9 Å². The molecule has 0 fully saturated rings. The highest BCUT2D eigenvalue weighted by molar-refractivity contribution is 5.85. The largest absolute Gasteiger partial charge is 0.350 e. The maximum Gasteiger partial charge on any atom is 0.241 e. The van der Waals surface area contributed by atoms with Crippen LogP contribution in [0.1, 0.15) is 36.6 Å². The molecule has 0 bridgehead atoms. The van der Waals surface area contributed by atoms with Crippen LogP contribution >= 0.6 is 24.8 Å². The van der Waals surface area contributed by atoms with Crippen LogP contribution in [0.5, 0.6) is 0 Å². The summed E-state index contributed by atoms with van der Waals surface area (Å²) in [6, 6.07) is 17.0. The Bertz CT molecular complexity index is 649. The van der Waals surface area contributed by atoms with E-state index in [1.165, 1.54) is 5.56 Å².